The number of pyridine rings is 1. The van der Waals surface area contributed by atoms with E-state index in [1.54, 1.807) is 24.5 Å². The van der Waals surface area contributed by atoms with E-state index < -0.39 is 17.7 Å². The molecule has 6 rings (SSSR count). The van der Waals surface area contributed by atoms with Gasteiger partial charge in [0, 0.05) is 30.9 Å². The zero-order valence-corrected chi connectivity index (χ0v) is 19.7. The summed E-state index contributed by atoms with van der Waals surface area (Å²) in [6.07, 6.45) is 4.12. The van der Waals surface area contributed by atoms with Gasteiger partial charge in [-0.2, -0.15) is 0 Å². The Labute approximate surface area is 208 Å². The highest BCUT2D eigenvalue weighted by Crippen LogP contribution is 2.43. The standard InChI is InChI=1S/C30H24N2O4/c1-18-14-22-15-21(11-12-25(22)36-18)28(33)26-27(24-10-4-8-20-7-2-3-9-23(20)24)32(30(35)29(26)34)17-19-6-5-13-31-16-19/h2-13,15-16,18,27,33H,14,17H2,1H3/t18-,27-/m1/s1. The number of hydrogen-bond donors (Lipinski definition) is 1. The second-order valence-electron chi connectivity index (χ2n) is 9.31. The van der Waals surface area contributed by atoms with E-state index >= 15 is 0 Å². The Hall–Kier alpha value is -4.45. The van der Waals surface area contributed by atoms with Crippen molar-refractivity contribution in [1.29, 1.82) is 0 Å². The molecule has 36 heavy (non-hydrogen) atoms. The van der Waals surface area contributed by atoms with Crippen LogP contribution in [0.5, 0.6) is 5.75 Å². The van der Waals surface area contributed by atoms with E-state index in [2.05, 4.69) is 4.98 Å². The molecule has 3 heterocycles. The van der Waals surface area contributed by atoms with Crippen LogP contribution in [0.25, 0.3) is 16.5 Å². The molecule has 0 radical (unpaired) electrons. The van der Waals surface area contributed by atoms with E-state index in [1.807, 2.05) is 67.6 Å². The third-order valence-corrected chi connectivity index (χ3v) is 6.90. The molecule has 2 atom stereocenters. The van der Waals surface area contributed by atoms with Crippen LogP contribution in [0.3, 0.4) is 0 Å². The van der Waals surface area contributed by atoms with Crippen molar-refractivity contribution in [1.82, 2.24) is 9.88 Å². The number of aliphatic hydroxyl groups excluding tert-OH is 1. The molecule has 1 saturated heterocycles. The van der Waals surface area contributed by atoms with Crippen molar-refractivity contribution in [2.75, 3.05) is 0 Å². The summed E-state index contributed by atoms with van der Waals surface area (Å²) in [4.78, 5) is 32.6. The van der Waals surface area contributed by atoms with Gasteiger partial charge in [-0.25, -0.2) is 0 Å². The van der Waals surface area contributed by atoms with Gasteiger partial charge in [-0.05, 0) is 58.7 Å². The van der Waals surface area contributed by atoms with E-state index in [9.17, 15) is 14.7 Å². The van der Waals surface area contributed by atoms with Crippen molar-refractivity contribution < 1.29 is 19.4 Å². The molecular formula is C30H24N2O4. The number of likely N-dealkylation sites (tertiary alicyclic amines) is 1. The fourth-order valence-corrected chi connectivity index (χ4v) is 5.27. The predicted molar refractivity (Wildman–Crippen MR) is 136 cm³/mol. The number of aliphatic hydroxyl groups is 1. The molecule has 0 unspecified atom stereocenters. The van der Waals surface area contributed by atoms with Crippen LogP contribution in [0.2, 0.25) is 0 Å². The highest BCUT2D eigenvalue weighted by atomic mass is 16.5. The monoisotopic (exact) mass is 476 g/mol. The van der Waals surface area contributed by atoms with Crippen LogP contribution in [0.4, 0.5) is 0 Å². The molecule has 178 valence electrons. The Morgan fingerprint density at radius 3 is 2.72 bits per heavy atom. The third kappa shape index (κ3) is 3.62. The Kier molecular flexibility index (Phi) is 5.29. The van der Waals surface area contributed by atoms with Crippen molar-refractivity contribution in [3.63, 3.8) is 0 Å². The number of fused-ring (bicyclic) bond motifs is 2. The summed E-state index contributed by atoms with van der Waals surface area (Å²) in [5.74, 6) is -0.736. The Balaban J connectivity index is 1.54. The van der Waals surface area contributed by atoms with Crippen molar-refractivity contribution in [2.24, 2.45) is 0 Å². The lowest BCUT2D eigenvalue weighted by atomic mass is 9.91. The van der Waals surface area contributed by atoms with Crippen LogP contribution in [-0.2, 0) is 22.6 Å². The molecule has 1 N–H and O–H groups in total. The lowest BCUT2D eigenvalue weighted by molar-refractivity contribution is -0.140. The number of carbonyl (C=O) groups excluding carboxylic acids is 2. The molecule has 2 aliphatic heterocycles. The van der Waals surface area contributed by atoms with Gasteiger partial charge in [0.25, 0.3) is 11.7 Å². The minimum Gasteiger partial charge on any atom is -0.507 e. The number of benzene rings is 3. The van der Waals surface area contributed by atoms with Gasteiger partial charge in [-0.1, -0.05) is 48.5 Å². The second kappa shape index (κ2) is 8.64. The maximum Gasteiger partial charge on any atom is 0.295 e. The molecule has 3 aromatic carbocycles. The van der Waals surface area contributed by atoms with Crippen LogP contribution in [0, 0.1) is 0 Å². The number of rotatable bonds is 4. The first-order valence-electron chi connectivity index (χ1n) is 12.0. The SMILES string of the molecule is C[C@@H]1Cc2cc(C(O)=C3C(=O)C(=O)N(Cc4cccnc4)[C@@H]3c3cccc4ccccc34)ccc2O1. The van der Waals surface area contributed by atoms with Crippen molar-refractivity contribution in [2.45, 2.75) is 32.0 Å². The van der Waals surface area contributed by atoms with Gasteiger partial charge in [0.05, 0.1) is 11.6 Å². The third-order valence-electron chi connectivity index (χ3n) is 6.90. The van der Waals surface area contributed by atoms with E-state index in [0.29, 0.717) is 5.56 Å². The van der Waals surface area contributed by atoms with Crippen LogP contribution in [-0.4, -0.2) is 32.8 Å². The number of nitrogens with zero attached hydrogens (tertiary/aromatic N) is 2. The number of Topliss-reactive ketones (excluding diaryl/α,β-unsaturated/α-hetero) is 1. The summed E-state index contributed by atoms with van der Waals surface area (Å²) < 4.78 is 5.79. The maximum absolute atomic E-state index is 13.5. The van der Waals surface area contributed by atoms with Crippen LogP contribution >= 0.6 is 0 Å². The summed E-state index contributed by atoms with van der Waals surface area (Å²) in [6, 6.07) is 22.0. The molecule has 6 nitrogen and oxygen atoms in total. The molecule has 0 saturated carbocycles. The van der Waals surface area contributed by atoms with Crippen molar-refractivity contribution in [3.05, 3.63) is 113 Å². The highest BCUT2D eigenvalue weighted by Gasteiger charge is 2.46. The largest absolute Gasteiger partial charge is 0.507 e. The molecule has 6 heteroatoms. The number of hydrogen-bond acceptors (Lipinski definition) is 5. The van der Waals surface area contributed by atoms with Gasteiger partial charge in [0.15, 0.2) is 0 Å². The van der Waals surface area contributed by atoms with E-state index in [0.717, 1.165) is 39.6 Å². The van der Waals surface area contributed by atoms with Gasteiger partial charge in [-0.3, -0.25) is 14.6 Å². The minimum atomic E-state index is -0.750. The second-order valence-corrected chi connectivity index (χ2v) is 9.31. The Morgan fingerprint density at radius 1 is 1.06 bits per heavy atom. The summed E-state index contributed by atoms with van der Waals surface area (Å²) in [5, 5.41) is 13.4. The van der Waals surface area contributed by atoms with Crippen molar-refractivity contribution >= 4 is 28.2 Å². The predicted octanol–water partition coefficient (Wildman–Crippen LogP) is 5.18. The van der Waals surface area contributed by atoms with Gasteiger partial charge in [0.2, 0.25) is 0 Å². The lowest BCUT2D eigenvalue weighted by Crippen LogP contribution is -2.29. The zero-order chi connectivity index (χ0) is 24.8. The summed E-state index contributed by atoms with van der Waals surface area (Å²) in [7, 11) is 0. The molecule has 0 bridgehead atoms. The number of carbonyl (C=O) groups is 2. The highest BCUT2D eigenvalue weighted by molar-refractivity contribution is 6.46. The molecule has 2 aliphatic rings. The Bertz CT molecular complexity index is 1540. The molecule has 1 amide bonds. The summed E-state index contributed by atoms with van der Waals surface area (Å²) >= 11 is 0. The van der Waals surface area contributed by atoms with E-state index in [4.69, 9.17) is 4.74 Å². The van der Waals surface area contributed by atoms with Gasteiger partial charge in [0.1, 0.15) is 17.6 Å². The fourth-order valence-electron chi connectivity index (χ4n) is 5.27. The zero-order valence-electron chi connectivity index (χ0n) is 19.7. The molecule has 1 fully saturated rings. The van der Waals surface area contributed by atoms with Gasteiger partial charge in [-0.15, -0.1) is 0 Å². The van der Waals surface area contributed by atoms with Crippen molar-refractivity contribution in [3.8, 4) is 5.75 Å². The van der Waals surface area contributed by atoms with E-state index in [1.165, 1.54) is 4.90 Å². The molecule has 0 aliphatic carbocycles. The maximum atomic E-state index is 13.5. The fraction of sp³-hybridized carbons (Fsp3) is 0.167. The first kappa shape index (κ1) is 22.0. The quantitative estimate of drug-likeness (QED) is 0.249. The average molecular weight is 477 g/mol. The van der Waals surface area contributed by atoms with Crippen LogP contribution in [0.15, 0.2) is 90.8 Å². The first-order valence-corrected chi connectivity index (χ1v) is 12.0. The topological polar surface area (TPSA) is 79.7 Å². The first-order chi connectivity index (χ1) is 17.5. The average Bonchev–Trinajstić information content (AvgIpc) is 3.39. The summed E-state index contributed by atoms with van der Waals surface area (Å²) in [6.45, 7) is 2.18. The molecule has 4 aromatic rings. The lowest BCUT2D eigenvalue weighted by Gasteiger charge is -2.26. The van der Waals surface area contributed by atoms with Crippen LogP contribution in [0.1, 0.15) is 35.2 Å². The van der Waals surface area contributed by atoms with Gasteiger partial charge >= 0.3 is 0 Å². The Morgan fingerprint density at radius 2 is 1.89 bits per heavy atom. The summed E-state index contributed by atoms with van der Waals surface area (Å²) in [5.41, 5.74) is 3.14. The van der Waals surface area contributed by atoms with Gasteiger partial charge < -0.3 is 14.7 Å². The molecule has 0 spiro atoms. The number of aromatic nitrogens is 1. The normalized spacial score (nSPS) is 20.5. The number of amides is 1. The molecule has 1 aromatic heterocycles. The van der Waals surface area contributed by atoms with Crippen LogP contribution < -0.4 is 4.74 Å². The smallest absolute Gasteiger partial charge is 0.295 e. The molecular weight excluding hydrogens is 452 g/mol. The number of ketones is 1. The number of ether oxygens (including phenoxy) is 1. The van der Waals surface area contributed by atoms with E-state index in [-0.39, 0.29) is 24.0 Å². The minimum absolute atomic E-state index is 0.0538.